The quantitative estimate of drug-likeness (QED) is 0.669. The van der Waals surface area contributed by atoms with Crippen molar-refractivity contribution in [2.45, 2.75) is 19.9 Å². The first-order chi connectivity index (χ1) is 9.76. The number of fused-ring (bicyclic) bond motifs is 1. The zero-order chi connectivity index (χ0) is 13.9. The second-order valence-corrected chi connectivity index (χ2v) is 6.55. The molecule has 0 unspecified atom stereocenters. The molecular formula is C13H14IN5S. The van der Waals surface area contributed by atoms with Crippen LogP contribution in [0.25, 0.3) is 10.2 Å². The maximum absolute atomic E-state index is 4.64. The van der Waals surface area contributed by atoms with Crippen molar-refractivity contribution in [1.82, 2.24) is 19.7 Å². The maximum atomic E-state index is 4.64. The summed E-state index contributed by atoms with van der Waals surface area (Å²) in [5.41, 5.74) is 0. The Labute approximate surface area is 134 Å². The van der Waals surface area contributed by atoms with Crippen LogP contribution in [0.1, 0.15) is 19.2 Å². The Morgan fingerprint density at radius 2 is 2.30 bits per heavy atom. The first-order valence-electron chi connectivity index (χ1n) is 6.42. The van der Waals surface area contributed by atoms with E-state index in [1.54, 1.807) is 11.3 Å². The summed E-state index contributed by atoms with van der Waals surface area (Å²) >= 11 is 3.89. The predicted octanol–water partition coefficient (Wildman–Crippen LogP) is 3.36. The van der Waals surface area contributed by atoms with Crippen LogP contribution in [0.3, 0.4) is 0 Å². The first-order valence-corrected chi connectivity index (χ1v) is 8.38. The number of halogens is 1. The van der Waals surface area contributed by atoms with Crippen LogP contribution in [0.15, 0.2) is 23.8 Å². The van der Waals surface area contributed by atoms with E-state index >= 15 is 0 Å². The lowest BCUT2D eigenvalue weighted by molar-refractivity contribution is 0.658. The van der Waals surface area contributed by atoms with Gasteiger partial charge in [0.1, 0.15) is 17.2 Å². The molecule has 20 heavy (non-hydrogen) atoms. The monoisotopic (exact) mass is 399 g/mol. The number of aromatic nitrogens is 4. The minimum atomic E-state index is 0.595. The zero-order valence-corrected chi connectivity index (χ0v) is 14.0. The smallest absolute Gasteiger partial charge is 0.153 e. The average Bonchev–Trinajstić information content (AvgIpc) is 3.05. The van der Waals surface area contributed by atoms with E-state index in [4.69, 9.17) is 0 Å². The Bertz CT molecular complexity index is 720. The molecule has 0 aliphatic carbocycles. The Kier molecular flexibility index (Phi) is 4.16. The molecule has 7 heteroatoms. The van der Waals surface area contributed by atoms with Crippen LogP contribution in [-0.4, -0.2) is 26.3 Å². The van der Waals surface area contributed by atoms with Crippen LogP contribution in [0.4, 0.5) is 5.82 Å². The summed E-state index contributed by atoms with van der Waals surface area (Å²) in [5.74, 6) is 1.72. The molecule has 3 aromatic heterocycles. The molecule has 3 aromatic rings. The van der Waals surface area contributed by atoms with Crippen molar-refractivity contribution in [2.75, 3.05) is 11.9 Å². The van der Waals surface area contributed by atoms with Crippen molar-refractivity contribution in [3.63, 3.8) is 0 Å². The third kappa shape index (κ3) is 2.93. The van der Waals surface area contributed by atoms with Crippen LogP contribution in [-0.2, 0) is 6.54 Å². The highest BCUT2D eigenvalue weighted by atomic mass is 127. The Morgan fingerprint density at radius 3 is 3.05 bits per heavy atom. The van der Waals surface area contributed by atoms with Gasteiger partial charge in [0.2, 0.25) is 0 Å². The molecular weight excluding hydrogens is 385 g/mol. The molecule has 3 heterocycles. The van der Waals surface area contributed by atoms with Gasteiger partial charge in [-0.05, 0) is 40.5 Å². The van der Waals surface area contributed by atoms with Crippen LogP contribution in [0.5, 0.6) is 0 Å². The molecule has 104 valence electrons. The van der Waals surface area contributed by atoms with E-state index in [-0.39, 0.29) is 0 Å². The van der Waals surface area contributed by atoms with E-state index in [0.29, 0.717) is 6.54 Å². The van der Waals surface area contributed by atoms with Gasteiger partial charge in [0, 0.05) is 12.7 Å². The molecule has 5 nitrogen and oxygen atoms in total. The molecule has 0 aromatic carbocycles. The van der Waals surface area contributed by atoms with Gasteiger partial charge in [-0.15, -0.1) is 11.3 Å². The molecule has 0 aliphatic rings. The number of nitrogens with zero attached hydrogens (tertiary/aromatic N) is 4. The van der Waals surface area contributed by atoms with Crippen molar-refractivity contribution in [1.29, 1.82) is 0 Å². The summed E-state index contributed by atoms with van der Waals surface area (Å²) in [6.45, 7) is 3.66. The summed E-state index contributed by atoms with van der Waals surface area (Å²) < 4.78 is 2.98. The summed E-state index contributed by atoms with van der Waals surface area (Å²) in [6.07, 6.45) is 4.89. The standard InChI is InChI=1S/C13H14IN5S/c1-2-4-15-12-10-3-5-20-13(10)18-11(17-12)8-19-7-9(14)6-16-19/h3,5-7H,2,4,8H2,1H3,(H,15,17,18). The van der Waals surface area contributed by atoms with Crippen molar-refractivity contribution in [2.24, 2.45) is 0 Å². The number of hydrogen-bond acceptors (Lipinski definition) is 5. The highest BCUT2D eigenvalue weighted by Crippen LogP contribution is 2.25. The molecule has 0 saturated heterocycles. The lowest BCUT2D eigenvalue weighted by Gasteiger charge is -2.08. The van der Waals surface area contributed by atoms with Gasteiger partial charge in [0.15, 0.2) is 5.82 Å². The van der Waals surface area contributed by atoms with E-state index in [1.165, 1.54) is 0 Å². The van der Waals surface area contributed by atoms with Crippen LogP contribution < -0.4 is 5.32 Å². The lowest BCUT2D eigenvalue weighted by atomic mass is 10.3. The van der Waals surface area contributed by atoms with Gasteiger partial charge in [-0.2, -0.15) is 5.10 Å². The molecule has 0 spiro atoms. The molecule has 0 amide bonds. The number of anilines is 1. The van der Waals surface area contributed by atoms with Crippen LogP contribution in [0.2, 0.25) is 0 Å². The number of rotatable bonds is 5. The SMILES string of the molecule is CCCNc1nc(Cn2cc(I)cn2)nc2sccc12. The number of hydrogen-bond donors (Lipinski definition) is 1. The molecule has 1 N–H and O–H groups in total. The molecule has 0 atom stereocenters. The van der Waals surface area contributed by atoms with Crippen molar-refractivity contribution < 1.29 is 0 Å². The van der Waals surface area contributed by atoms with Gasteiger partial charge in [0.05, 0.1) is 15.2 Å². The zero-order valence-electron chi connectivity index (χ0n) is 11.0. The second kappa shape index (κ2) is 6.04. The van der Waals surface area contributed by atoms with Gasteiger partial charge in [-0.25, -0.2) is 9.97 Å². The van der Waals surface area contributed by atoms with Gasteiger partial charge < -0.3 is 5.32 Å². The van der Waals surface area contributed by atoms with Gasteiger partial charge in [-0.3, -0.25) is 4.68 Å². The fourth-order valence-electron chi connectivity index (χ4n) is 1.92. The molecule has 0 saturated carbocycles. The highest BCUT2D eigenvalue weighted by molar-refractivity contribution is 14.1. The fourth-order valence-corrected chi connectivity index (χ4v) is 3.15. The van der Waals surface area contributed by atoms with Crippen molar-refractivity contribution >= 4 is 50.0 Å². The summed E-state index contributed by atoms with van der Waals surface area (Å²) in [4.78, 5) is 10.3. The second-order valence-electron chi connectivity index (χ2n) is 4.41. The van der Waals surface area contributed by atoms with Crippen molar-refractivity contribution in [3.8, 4) is 0 Å². The van der Waals surface area contributed by atoms with E-state index in [9.17, 15) is 0 Å². The Morgan fingerprint density at radius 1 is 1.40 bits per heavy atom. The molecule has 0 aliphatic heterocycles. The van der Waals surface area contributed by atoms with Crippen molar-refractivity contribution in [3.05, 3.63) is 33.2 Å². The fraction of sp³-hybridized carbons (Fsp3) is 0.308. The lowest BCUT2D eigenvalue weighted by Crippen LogP contribution is -2.08. The maximum Gasteiger partial charge on any atom is 0.153 e. The number of nitrogens with one attached hydrogen (secondary N) is 1. The summed E-state index contributed by atoms with van der Waals surface area (Å²) in [7, 11) is 0. The van der Waals surface area contributed by atoms with Gasteiger partial charge >= 0.3 is 0 Å². The van der Waals surface area contributed by atoms with E-state index in [2.05, 4.69) is 61.3 Å². The van der Waals surface area contributed by atoms with E-state index in [1.807, 2.05) is 17.1 Å². The van der Waals surface area contributed by atoms with Gasteiger partial charge in [-0.1, -0.05) is 6.92 Å². The summed E-state index contributed by atoms with van der Waals surface area (Å²) in [6, 6.07) is 2.07. The van der Waals surface area contributed by atoms with Crippen LogP contribution >= 0.6 is 33.9 Å². The predicted molar refractivity (Wildman–Crippen MR) is 90.2 cm³/mol. The number of thiophene rings is 1. The molecule has 0 fully saturated rings. The minimum absolute atomic E-state index is 0.595. The topological polar surface area (TPSA) is 55.6 Å². The highest BCUT2D eigenvalue weighted by Gasteiger charge is 2.09. The molecule has 3 rings (SSSR count). The van der Waals surface area contributed by atoms with Gasteiger partial charge in [0.25, 0.3) is 0 Å². The summed E-state index contributed by atoms with van der Waals surface area (Å²) in [5, 5.41) is 10.8. The Hall–Kier alpha value is -1.22. The third-order valence-electron chi connectivity index (χ3n) is 2.82. The Balaban J connectivity index is 1.94. The largest absolute Gasteiger partial charge is 0.369 e. The van der Waals surface area contributed by atoms with Crippen LogP contribution in [0, 0.1) is 3.57 Å². The molecule has 0 bridgehead atoms. The van der Waals surface area contributed by atoms with E-state index < -0.39 is 0 Å². The normalized spacial score (nSPS) is 11.1. The molecule has 0 radical (unpaired) electrons. The van der Waals surface area contributed by atoms with E-state index in [0.717, 1.165) is 38.4 Å². The average molecular weight is 399 g/mol. The minimum Gasteiger partial charge on any atom is -0.369 e. The first kappa shape index (κ1) is 13.7. The third-order valence-corrected chi connectivity index (χ3v) is 4.18.